The third kappa shape index (κ3) is 5.16. The fraction of sp³-hybridized carbons (Fsp3) is 0.154. The van der Waals surface area contributed by atoms with Crippen LogP contribution in [0, 0.1) is 0 Å². The summed E-state index contributed by atoms with van der Waals surface area (Å²) in [5.41, 5.74) is 2.35. The average Bonchev–Trinajstić information content (AvgIpc) is 3.26. The van der Waals surface area contributed by atoms with Crippen molar-refractivity contribution < 1.29 is 19.0 Å². The number of ether oxygens (including phenoxy) is 3. The second kappa shape index (κ2) is 9.83. The van der Waals surface area contributed by atoms with Crippen LogP contribution in [-0.4, -0.2) is 29.6 Å². The van der Waals surface area contributed by atoms with Crippen LogP contribution in [0.25, 0.3) is 0 Å². The zero-order valence-corrected chi connectivity index (χ0v) is 18.0. The summed E-state index contributed by atoms with van der Waals surface area (Å²) in [7, 11) is 3.11. The molecule has 0 aliphatic carbocycles. The quantitative estimate of drug-likeness (QED) is 0.344. The van der Waals surface area contributed by atoms with Crippen LogP contribution in [0.3, 0.4) is 0 Å². The van der Waals surface area contributed by atoms with Crippen LogP contribution in [0.15, 0.2) is 85.3 Å². The zero-order chi connectivity index (χ0) is 22.3. The molecule has 1 aromatic heterocycles. The number of rotatable bonds is 9. The van der Waals surface area contributed by atoms with Gasteiger partial charge in [0.2, 0.25) is 0 Å². The Kier molecular flexibility index (Phi) is 6.51. The maximum Gasteiger partial charge on any atom is 0.169 e. The van der Waals surface area contributed by atoms with Gasteiger partial charge >= 0.3 is 0 Å². The standard InChI is InChI=1S/C26H24N2O4/c1-30-25-12-11-20(14-26(25)31-2)24(29)15-21-17-28(18-27-21)16-19-7-6-10-23(13-19)32-22-8-4-3-5-9-22/h3-14,17-18H,15-16H2,1-2H3. The molecule has 0 bridgehead atoms. The number of carbonyl (C=O) groups is 1. The molecule has 1 heterocycles. The van der Waals surface area contributed by atoms with E-state index in [9.17, 15) is 4.79 Å². The number of ketones is 1. The highest BCUT2D eigenvalue weighted by molar-refractivity contribution is 5.97. The second-order valence-corrected chi connectivity index (χ2v) is 7.27. The van der Waals surface area contributed by atoms with Crippen LogP contribution in [0.4, 0.5) is 0 Å². The largest absolute Gasteiger partial charge is 0.493 e. The van der Waals surface area contributed by atoms with Crippen LogP contribution in [0.2, 0.25) is 0 Å². The Hall–Kier alpha value is -4.06. The minimum Gasteiger partial charge on any atom is -0.493 e. The normalized spacial score (nSPS) is 10.6. The molecule has 0 radical (unpaired) electrons. The number of carbonyl (C=O) groups excluding carboxylic acids is 1. The molecule has 6 heteroatoms. The van der Waals surface area contributed by atoms with Crippen LogP contribution >= 0.6 is 0 Å². The van der Waals surface area contributed by atoms with Gasteiger partial charge in [-0.3, -0.25) is 4.79 Å². The Morgan fingerprint density at radius 1 is 0.875 bits per heavy atom. The maximum absolute atomic E-state index is 12.7. The first-order valence-corrected chi connectivity index (χ1v) is 10.2. The summed E-state index contributed by atoms with van der Waals surface area (Å²) in [5, 5.41) is 0. The van der Waals surface area contributed by atoms with E-state index in [1.165, 1.54) is 0 Å². The Bertz CT molecular complexity index is 1200. The molecular weight excluding hydrogens is 404 g/mol. The van der Waals surface area contributed by atoms with Gasteiger partial charge in [0.15, 0.2) is 17.3 Å². The SMILES string of the molecule is COc1ccc(C(=O)Cc2cn(Cc3cccc(Oc4ccccc4)c3)cn2)cc1OC. The molecule has 4 aromatic rings. The van der Waals surface area contributed by atoms with Gasteiger partial charge in [0.1, 0.15) is 11.5 Å². The van der Waals surface area contributed by atoms with E-state index in [2.05, 4.69) is 4.98 Å². The Balaban J connectivity index is 1.41. The van der Waals surface area contributed by atoms with Crippen molar-refractivity contribution in [2.75, 3.05) is 14.2 Å². The number of imidazole rings is 1. The number of benzene rings is 3. The predicted molar refractivity (Wildman–Crippen MR) is 122 cm³/mol. The number of Topliss-reactive ketones (excluding diaryl/α,β-unsaturated/α-hetero) is 1. The van der Waals surface area contributed by atoms with Crippen LogP contribution in [-0.2, 0) is 13.0 Å². The van der Waals surface area contributed by atoms with Gasteiger partial charge in [-0.25, -0.2) is 4.98 Å². The molecule has 0 fully saturated rings. The molecule has 0 aliphatic rings. The lowest BCUT2D eigenvalue weighted by Gasteiger charge is -2.09. The number of para-hydroxylation sites is 1. The lowest BCUT2D eigenvalue weighted by molar-refractivity contribution is 0.0991. The number of methoxy groups -OCH3 is 2. The van der Waals surface area contributed by atoms with Crippen molar-refractivity contribution in [1.29, 1.82) is 0 Å². The topological polar surface area (TPSA) is 62.6 Å². The summed E-state index contributed by atoms with van der Waals surface area (Å²) in [6, 6.07) is 22.8. The fourth-order valence-electron chi connectivity index (χ4n) is 3.40. The first kappa shape index (κ1) is 21.2. The van der Waals surface area contributed by atoms with Gasteiger partial charge in [-0.2, -0.15) is 0 Å². The summed E-state index contributed by atoms with van der Waals surface area (Å²) >= 11 is 0. The summed E-state index contributed by atoms with van der Waals surface area (Å²) in [6.07, 6.45) is 3.84. The monoisotopic (exact) mass is 428 g/mol. The third-order valence-corrected chi connectivity index (χ3v) is 4.98. The molecular formula is C26H24N2O4. The van der Waals surface area contributed by atoms with Crippen LogP contribution in [0.5, 0.6) is 23.0 Å². The second-order valence-electron chi connectivity index (χ2n) is 7.27. The van der Waals surface area contributed by atoms with E-state index in [0.29, 0.717) is 29.3 Å². The molecule has 4 rings (SSSR count). The third-order valence-electron chi connectivity index (χ3n) is 4.98. The van der Waals surface area contributed by atoms with Crippen molar-refractivity contribution in [2.24, 2.45) is 0 Å². The zero-order valence-electron chi connectivity index (χ0n) is 18.0. The number of aromatic nitrogens is 2. The van der Waals surface area contributed by atoms with Gasteiger partial charge in [0.05, 0.1) is 32.7 Å². The molecule has 162 valence electrons. The summed E-state index contributed by atoms with van der Waals surface area (Å²) in [5.74, 6) is 2.66. The first-order valence-electron chi connectivity index (χ1n) is 10.2. The van der Waals surface area contributed by atoms with E-state index >= 15 is 0 Å². The van der Waals surface area contributed by atoms with E-state index in [-0.39, 0.29) is 12.2 Å². The highest BCUT2D eigenvalue weighted by atomic mass is 16.5. The van der Waals surface area contributed by atoms with Crippen molar-refractivity contribution >= 4 is 5.78 Å². The minimum absolute atomic E-state index is 0.0329. The van der Waals surface area contributed by atoms with Crippen molar-refractivity contribution in [1.82, 2.24) is 9.55 Å². The molecule has 0 amide bonds. The highest BCUT2D eigenvalue weighted by Crippen LogP contribution is 2.28. The van der Waals surface area contributed by atoms with Crippen LogP contribution < -0.4 is 14.2 Å². The molecule has 0 atom stereocenters. The summed E-state index contributed by atoms with van der Waals surface area (Å²) < 4.78 is 18.4. The van der Waals surface area contributed by atoms with Crippen molar-refractivity contribution in [3.63, 3.8) is 0 Å². The van der Waals surface area contributed by atoms with Gasteiger partial charge in [0.25, 0.3) is 0 Å². The van der Waals surface area contributed by atoms with Gasteiger partial charge in [0, 0.05) is 18.3 Å². The lowest BCUT2D eigenvalue weighted by atomic mass is 10.1. The summed E-state index contributed by atoms with van der Waals surface area (Å²) in [6.45, 7) is 0.629. The minimum atomic E-state index is -0.0329. The number of hydrogen-bond donors (Lipinski definition) is 0. The molecule has 0 unspecified atom stereocenters. The Labute approximate surface area is 187 Å². The smallest absolute Gasteiger partial charge is 0.169 e. The molecule has 0 saturated carbocycles. The number of hydrogen-bond acceptors (Lipinski definition) is 5. The van der Waals surface area contributed by atoms with Gasteiger partial charge in [-0.05, 0) is 48.0 Å². The van der Waals surface area contributed by atoms with E-state index in [1.807, 2.05) is 65.4 Å². The molecule has 0 N–H and O–H groups in total. The maximum atomic E-state index is 12.7. The first-order chi connectivity index (χ1) is 15.6. The van der Waals surface area contributed by atoms with E-state index in [4.69, 9.17) is 14.2 Å². The van der Waals surface area contributed by atoms with Crippen LogP contribution in [0.1, 0.15) is 21.6 Å². The van der Waals surface area contributed by atoms with E-state index in [0.717, 1.165) is 17.1 Å². The fourth-order valence-corrected chi connectivity index (χ4v) is 3.40. The number of nitrogens with zero attached hydrogens (tertiary/aromatic N) is 2. The molecule has 0 spiro atoms. The van der Waals surface area contributed by atoms with Gasteiger partial charge < -0.3 is 18.8 Å². The molecule has 0 aliphatic heterocycles. The summed E-state index contributed by atoms with van der Waals surface area (Å²) in [4.78, 5) is 17.1. The molecule has 6 nitrogen and oxygen atoms in total. The average molecular weight is 428 g/mol. The van der Waals surface area contributed by atoms with E-state index in [1.54, 1.807) is 38.7 Å². The molecule has 32 heavy (non-hydrogen) atoms. The Morgan fingerprint density at radius 3 is 2.44 bits per heavy atom. The van der Waals surface area contributed by atoms with Gasteiger partial charge in [-0.15, -0.1) is 0 Å². The van der Waals surface area contributed by atoms with Crippen molar-refractivity contribution in [3.8, 4) is 23.0 Å². The van der Waals surface area contributed by atoms with Crippen molar-refractivity contribution in [3.05, 3.63) is 102 Å². The van der Waals surface area contributed by atoms with E-state index < -0.39 is 0 Å². The lowest BCUT2D eigenvalue weighted by Crippen LogP contribution is -2.05. The molecule has 3 aromatic carbocycles. The highest BCUT2D eigenvalue weighted by Gasteiger charge is 2.13. The Morgan fingerprint density at radius 2 is 1.66 bits per heavy atom. The molecule has 0 saturated heterocycles. The van der Waals surface area contributed by atoms with Crippen molar-refractivity contribution in [2.45, 2.75) is 13.0 Å². The predicted octanol–water partition coefficient (Wildman–Crippen LogP) is 5.17. The van der Waals surface area contributed by atoms with Gasteiger partial charge in [-0.1, -0.05) is 30.3 Å².